The van der Waals surface area contributed by atoms with Crippen LogP contribution in [0.1, 0.15) is 33.1 Å². The number of amides is 5. The lowest BCUT2D eigenvalue weighted by atomic mass is 10.1. The van der Waals surface area contributed by atoms with E-state index >= 15 is 0 Å². The summed E-state index contributed by atoms with van der Waals surface area (Å²) in [5.41, 5.74) is 15.6. The molecule has 5 atom stereocenters. The number of carboxylic acids is 1. The lowest BCUT2D eigenvalue weighted by molar-refractivity contribution is -0.142. The molecule has 0 aromatic rings. The fourth-order valence-electron chi connectivity index (χ4n) is 2.14. The standard InChI is InChI=1S/C16H28N6O8/c1-6(16(29)30)20-14(27)9(5-11(19)25)21-15(28)12(7(2)23)22-13(26)8(17)3-4-10(18)24/h6-9,12,23H,3-5,17H2,1-2H3,(H2,18,24)(H2,19,25)(H,20,27)(H,21,28)(H,22,26)(H,29,30). The summed E-state index contributed by atoms with van der Waals surface area (Å²) in [7, 11) is 0. The molecular weight excluding hydrogens is 404 g/mol. The number of aliphatic hydroxyl groups is 1. The lowest BCUT2D eigenvalue weighted by Gasteiger charge is -2.25. The molecular formula is C16H28N6O8. The number of aliphatic hydroxyl groups excluding tert-OH is 1. The van der Waals surface area contributed by atoms with Gasteiger partial charge in [-0.2, -0.15) is 0 Å². The number of primary amides is 2. The van der Waals surface area contributed by atoms with E-state index in [4.69, 9.17) is 22.3 Å². The van der Waals surface area contributed by atoms with Gasteiger partial charge in [-0.25, -0.2) is 0 Å². The van der Waals surface area contributed by atoms with Crippen molar-refractivity contribution < 1.29 is 39.0 Å². The number of carbonyl (C=O) groups is 6. The first-order valence-corrected chi connectivity index (χ1v) is 8.90. The van der Waals surface area contributed by atoms with Gasteiger partial charge in [0.25, 0.3) is 0 Å². The number of nitrogens with one attached hydrogen (secondary N) is 3. The van der Waals surface area contributed by atoms with Crippen molar-refractivity contribution in [2.45, 2.75) is 63.4 Å². The van der Waals surface area contributed by atoms with Gasteiger partial charge in [0.1, 0.15) is 18.1 Å². The third-order valence-electron chi connectivity index (χ3n) is 3.87. The Morgan fingerprint density at radius 3 is 1.87 bits per heavy atom. The Kier molecular flexibility index (Phi) is 11.0. The molecule has 0 saturated heterocycles. The van der Waals surface area contributed by atoms with Crippen LogP contribution in [0, 0.1) is 0 Å². The molecule has 14 heteroatoms. The Labute approximate surface area is 171 Å². The summed E-state index contributed by atoms with van der Waals surface area (Å²) in [5.74, 6) is -5.93. The smallest absolute Gasteiger partial charge is 0.325 e. The van der Waals surface area contributed by atoms with Gasteiger partial charge in [-0.3, -0.25) is 28.8 Å². The molecule has 0 aromatic carbocycles. The fourth-order valence-corrected chi connectivity index (χ4v) is 2.14. The molecule has 5 unspecified atom stereocenters. The molecule has 0 aliphatic rings. The Balaban J connectivity index is 5.26. The van der Waals surface area contributed by atoms with E-state index in [0.717, 1.165) is 6.92 Å². The molecule has 14 nitrogen and oxygen atoms in total. The minimum atomic E-state index is -1.57. The fraction of sp³-hybridized carbons (Fsp3) is 0.625. The van der Waals surface area contributed by atoms with E-state index in [2.05, 4.69) is 16.0 Å². The van der Waals surface area contributed by atoms with Crippen LogP contribution in [0.4, 0.5) is 0 Å². The van der Waals surface area contributed by atoms with Gasteiger partial charge in [0.05, 0.1) is 18.6 Å². The van der Waals surface area contributed by atoms with Gasteiger partial charge in [-0.1, -0.05) is 0 Å². The van der Waals surface area contributed by atoms with E-state index in [0.29, 0.717) is 0 Å². The average Bonchev–Trinajstić information content (AvgIpc) is 2.62. The summed E-state index contributed by atoms with van der Waals surface area (Å²) in [6, 6.07) is -5.65. The summed E-state index contributed by atoms with van der Waals surface area (Å²) in [4.78, 5) is 69.6. The number of rotatable bonds is 13. The quantitative estimate of drug-likeness (QED) is 0.139. The van der Waals surface area contributed by atoms with Crippen LogP contribution in [0.25, 0.3) is 0 Å². The molecule has 0 saturated carbocycles. The maximum atomic E-state index is 12.5. The monoisotopic (exact) mass is 432 g/mol. The molecule has 0 fully saturated rings. The largest absolute Gasteiger partial charge is 0.480 e. The van der Waals surface area contributed by atoms with Gasteiger partial charge >= 0.3 is 5.97 Å². The molecule has 0 heterocycles. The zero-order chi connectivity index (χ0) is 23.6. The number of carbonyl (C=O) groups excluding carboxylic acids is 5. The van der Waals surface area contributed by atoms with Crippen LogP contribution in [0.15, 0.2) is 0 Å². The highest BCUT2D eigenvalue weighted by Gasteiger charge is 2.32. The normalized spacial score (nSPS) is 15.6. The molecule has 0 spiro atoms. The maximum Gasteiger partial charge on any atom is 0.325 e. The molecule has 170 valence electrons. The van der Waals surface area contributed by atoms with E-state index in [1.165, 1.54) is 6.92 Å². The van der Waals surface area contributed by atoms with Crippen molar-refractivity contribution in [3.63, 3.8) is 0 Å². The molecule has 0 bridgehead atoms. The zero-order valence-electron chi connectivity index (χ0n) is 16.6. The van der Waals surface area contributed by atoms with Crippen LogP contribution < -0.4 is 33.2 Å². The summed E-state index contributed by atoms with van der Waals surface area (Å²) in [6.45, 7) is 2.34. The molecule has 0 aromatic heterocycles. The number of nitrogens with two attached hydrogens (primary N) is 3. The number of carboxylic acid groups (broad SMARTS) is 1. The maximum absolute atomic E-state index is 12.5. The van der Waals surface area contributed by atoms with Crippen molar-refractivity contribution in [1.82, 2.24) is 16.0 Å². The van der Waals surface area contributed by atoms with Gasteiger partial charge in [0.2, 0.25) is 29.5 Å². The van der Waals surface area contributed by atoms with Crippen molar-refractivity contribution >= 4 is 35.5 Å². The molecule has 5 amide bonds. The van der Waals surface area contributed by atoms with Gasteiger partial charge in [0.15, 0.2) is 0 Å². The van der Waals surface area contributed by atoms with Crippen molar-refractivity contribution in [1.29, 1.82) is 0 Å². The summed E-state index contributed by atoms with van der Waals surface area (Å²) in [6.07, 6.45) is -2.38. The minimum Gasteiger partial charge on any atom is -0.480 e. The van der Waals surface area contributed by atoms with Crippen molar-refractivity contribution in [3.05, 3.63) is 0 Å². The van der Waals surface area contributed by atoms with E-state index < -0.39 is 72.2 Å². The van der Waals surface area contributed by atoms with Crippen LogP contribution in [-0.2, 0) is 28.8 Å². The van der Waals surface area contributed by atoms with Crippen LogP contribution in [-0.4, -0.2) is 76.0 Å². The van der Waals surface area contributed by atoms with Crippen molar-refractivity contribution in [2.75, 3.05) is 0 Å². The highest BCUT2D eigenvalue weighted by Crippen LogP contribution is 2.01. The second-order valence-corrected chi connectivity index (χ2v) is 6.64. The first-order chi connectivity index (χ1) is 13.8. The van der Waals surface area contributed by atoms with Gasteiger partial charge in [-0.05, 0) is 20.3 Å². The predicted molar refractivity (Wildman–Crippen MR) is 101 cm³/mol. The zero-order valence-corrected chi connectivity index (χ0v) is 16.6. The average molecular weight is 432 g/mol. The lowest BCUT2D eigenvalue weighted by Crippen LogP contribution is -2.60. The van der Waals surface area contributed by atoms with Gasteiger partial charge in [-0.15, -0.1) is 0 Å². The first-order valence-electron chi connectivity index (χ1n) is 8.90. The minimum absolute atomic E-state index is 0.102. The number of hydrogen-bond donors (Lipinski definition) is 8. The molecule has 0 radical (unpaired) electrons. The highest BCUT2D eigenvalue weighted by molar-refractivity contribution is 5.96. The van der Waals surface area contributed by atoms with Crippen molar-refractivity contribution in [3.8, 4) is 0 Å². The van der Waals surface area contributed by atoms with Crippen LogP contribution in [0.3, 0.4) is 0 Å². The Morgan fingerprint density at radius 1 is 0.867 bits per heavy atom. The topological polar surface area (TPSA) is 257 Å². The summed E-state index contributed by atoms with van der Waals surface area (Å²) < 4.78 is 0. The van der Waals surface area contributed by atoms with Crippen LogP contribution in [0.5, 0.6) is 0 Å². The predicted octanol–water partition coefficient (Wildman–Crippen LogP) is -4.61. The Bertz CT molecular complexity index is 683. The Morgan fingerprint density at radius 2 is 1.43 bits per heavy atom. The molecule has 0 rings (SSSR count). The van der Waals surface area contributed by atoms with Gasteiger partial charge < -0.3 is 43.4 Å². The Hall–Kier alpha value is -3.26. The molecule has 0 aliphatic carbocycles. The third-order valence-corrected chi connectivity index (χ3v) is 3.87. The first kappa shape index (κ1) is 26.7. The molecule has 0 aliphatic heterocycles. The van der Waals surface area contributed by atoms with E-state index in [1.807, 2.05) is 0 Å². The number of aliphatic carboxylic acids is 1. The van der Waals surface area contributed by atoms with E-state index in [-0.39, 0.29) is 12.8 Å². The molecule has 11 N–H and O–H groups in total. The summed E-state index contributed by atoms with van der Waals surface area (Å²) in [5, 5.41) is 25.1. The van der Waals surface area contributed by atoms with Crippen LogP contribution in [0.2, 0.25) is 0 Å². The van der Waals surface area contributed by atoms with Crippen LogP contribution >= 0.6 is 0 Å². The third kappa shape index (κ3) is 9.79. The van der Waals surface area contributed by atoms with Crippen molar-refractivity contribution in [2.24, 2.45) is 17.2 Å². The van der Waals surface area contributed by atoms with E-state index in [9.17, 15) is 33.9 Å². The second-order valence-electron chi connectivity index (χ2n) is 6.64. The second kappa shape index (κ2) is 12.3. The number of hydrogen-bond acceptors (Lipinski definition) is 8. The SMILES string of the molecule is CC(NC(=O)C(CC(N)=O)NC(=O)C(NC(=O)C(N)CCC(N)=O)C(C)O)C(=O)O. The van der Waals surface area contributed by atoms with Gasteiger partial charge in [0, 0.05) is 6.42 Å². The summed E-state index contributed by atoms with van der Waals surface area (Å²) >= 11 is 0. The highest BCUT2D eigenvalue weighted by atomic mass is 16.4. The molecule has 30 heavy (non-hydrogen) atoms. The van der Waals surface area contributed by atoms with E-state index in [1.54, 1.807) is 0 Å².